The van der Waals surface area contributed by atoms with Crippen molar-refractivity contribution >= 4 is 43.3 Å². The van der Waals surface area contributed by atoms with Crippen LogP contribution < -0.4 is 10.0 Å². The molecule has 3 N–H and O–H groups in total. The summed E-state index contributed by atoms with van der Waals surface area (Å²) in [6.45, 7) is 1.30. The zero-order valence-corrected chi connectivity index (χ0v) is 16.2. The number of amides is 1. The van der Waals surface area contributed by atoms with E-state index in [1.54, 1.807) is 12.1 Å². The van der Waals surface area contributed by atoms with Gasteiger partial charge in [-0.1, -0.05) is 12.1 Å². The number of phenolic OH excluding ortho intramolecular Hbond substituents is 1. The van der Waals surface area contributed by atoms with Crippen LogP contribution in [0, 0.1) is 0 Å². The number of carbonyl (C=O) groups excluding carboxylic acids is 2. The van der Waals surface area contributed by atoms with Crippen molar-refractivity contribution in [2.75, 3.05) is 11.9 Å². The van der Waals surface area contributed by atoms with E-state index < -0.39 is 15.9 Å². The van der Waals surface area contributed by atoms with Crippen molar-refractivity contribution in [3.63, 3.8) is 0 Å². The van der Waals surface area contributed by atoms with Gasteiger partial charge in [-0.25, -0.2) is 13.1 Å². The molecule has 2 aromatic carbocycles. The third-order valence-corrected chi connectivity index (χ3v) is 5.59. The summed E-state index contributed by atoms with van der Waals surface area (Å²) in [7, 11) is -3.77. The molecule has 0 fully saturated rings. The number of ketones is 1. The lowest BCUT2D eigenvalue weighted by atomic mass is 10.2. The number of anilines is 1. The van der Waals surface area contributed by atoms with Gasteiger partial charge >= 0.3 is 0 Å². The molecule has 0 bridgehead atoms. The zero-order chi connectivity index (χ0) is 19.3. The van der Waals surface area contributed by atoms with Crippen LogP contribution >= 0.6 is 15.9 Å². The number of nitrogens with one attached hydrogen (secondary N) is 2. The van der Waals surface area contributed by atoms with E-state index >= 15 is 0 Å². The molecule has 0 atom stereocenters. The lowest BCUT2D eigenvalue weighted by Gasteiger charge is -2.08. The van der Waals surface area contributed by atoms with Gasteiger partial charge in [0.1, 0.15) is 5.75 Å². The van der Waals surface area contributed by atoms with Crippen molar-refractivity contribution in [2.24, 2.45) is 0 Å². The second kappa shape index (κ2) is 8.43. The summed E-state index contributed by atoms with van der Waals surface area (Å²) >= 11 is 3.14. The number of hydrogen-bond donors (Lipinski definition) is 3. The van der Waals surface area contributed by atoms with Crippen LogP contribution in [0.5, 0.6) is 5.75 Å². The first kappa shape index (κ1) is 20.1. The zero-order valence-electron chi connectivity index (χ0n) is 13.8. The lowest BCUT2D eigenvalue weighted by Crippen LogP contribution is -2.27. The van der Waals surface area contributed by atoms with Gasteiger partial charge in [0.25, 0.3) is 0 Å². The highest BCUT2D eigenvalue weighted by atomic mass is 79.9. The van der Waals surface area contributed by atoms with E-state index in [2.05, 4.69) is 26.0 Å². The number of benzene rings is 2. The Morgan fingerprint density at radius 2 is 1.77 bits per heavy atom. The maximum Gasteiger partial charge on any atom is 0.240 e. The minimum atomic E-state index is -3.77. The van der Waals surface area contributed by atoms with Crippen LogP contribution in [0.15, 0.2) is 51.8 Å². The Morgan fingerprint density at radius 3 is 2.35 bits per heavy atom. The van der Waals surface area contributed by atoms with Crippen molar-refractivity contribution in [3.8, 4) is 5.75 Å². The first-order valence-electron chi connectivity index (χ1n) is 7.58. The van der Waals surface area contributed by atoms with E-state index in [1.165, 1.54) is 37.3 Å². The minimum absolute atomic E-state index is 0.0146. The van der Waals surface area contributed by atoms with Gasteiger partial charge in [-0.2, -0.15) is 0 Å². The minimum Gasteiger partial charge on any atom is -0.507 e. The summed E-state index contributed by atoms with van der Waals surface area (Å²) in [5.74, 6) is -0.573. The van der Waals surface area contributed by atoms with Crippen molar-refractivity contribution in [3.05, 3.63) is 52.5 Å². The van der Waals surface area contributed by atoms with Crippen molar-refractivity contribution in [2.45, 2.75) is 18.2 Å². The third-order valence-electron chi connectivity index (χ3n) is 3.45. The van der Waals surface area contributed by atoms with Gasteiger partial charge in [0, 0.05) is 30.3 Å². The molecular formula is C17H17BrN2O5S. The van der Waals surface area contributed by atoms with Crippen molar-refractivity contribution in [1.82, 2.24) is 4.72 Å². The summed E-state index contributed by atoms with van der Waals surface area (Å²) in [5, 5.41) is 12.1. The van der Waals surface area contributed by atoms with Crippen molar-refractivity contribution < 1.29 is 23.1 Å². The number of sulfonamides is 1. The monoisotopic (exact) mass is 440 g/mol. The predicted molar refractivity (Wildman–Crippen MR) is 101 cm³/mol. The molecule has 26 heavy (non-hydrogen) atoms. The second-order valence-corrected chi connectivity index (χ2v) is 8.06. The third kappa shape index (κ3) is 5.38. The van der Waals surface area contributed by atoms with Gasteiger partial charge in [-0.3, -0.25) is 9.59 Å². The fourth-order valence-electron chi connectivity index (χ4n) is 2.06. The Labute approximate surface area is 159 Å². The summed E-state index contributed by atoms with van der Waals surface area (Å²) in [5.41, 5.74) is 0.819. The van der Waals surface area contributed by atoms with Crippen LogP contribution in [-0.4, -0.2) is 31.8 Å². The maximum atomic E-state index is 12.2. The topological polar surface area (TPSA) is 113 Å². The fraction of sp³-hybridized carbons (Fsp3) is 0.176. The average molecular weight is 441 g/mol. The molecule has 138 valence electrons. The molecular weight excluding hydrogens is 424 g/mol. The van der Waals surface area contributed by atoms with Crippen molar-refractivity contribution in [1.29, 1.82) is 0 Å². The molecule has 7 nitrogen and oxygen atoms in total. The molecule has 1 amide bonds. The van der Waals surface area contributed by atoms with Gasteiger partial charge in [0.15, 0.2) is 5.78 Å². The van der Waals surface area contributed by atoms with E-state index in [0.29, 0.717) is 15.7 Å². The summed E-state index contributed by atoms with van der Waals surface area (Å²) in [6, 6.07) is 10.1. The predicted octanol–water partition coefficient (Wildman–Crippen LogP) is 2.66. The highest BCUT2D eigenvalue weighted by Crippen LogP contribution is 2.26. The van der Waals surface area contributed by atoms with E-state index in [1.807, 2.05) is 0 Å². The van der Waals surface area contributed by atoms with Gasteiger partial charge < -0.3 is 10.4 Å². The molecule has 9 heteroatoms. The molecule has 0 saturated carbocycles. The van der Waals surface area contributed by atoms with Gasteiger partial charge in [-0.05, 0) is 47.1 Å². The SMILES string of the molecule is CC(=O)c1ccc(S(=O)(=O)NCCC(=O)Nc2ccc(Br)c(O)c2)cc1. The second-order valence-electron chi connectivity index (χ2n) is 5.44. The number of aromatic hydroxyl groups is 1. The van der Waals surface area contributed by atoms with E-state index in [9.17, 15) is 23.1 Å². The average Bonchev–Trinajstić information content (AvgIpc) is 2.58. The lowest BCUT2D eigenvalue weighted by molar-refractivity contribution is -0.116. The summed E-state index contributed by atoms with van der Waals surface area (Å²) < 4.78 is 27.2. The van der Waals surface area contributed by atoms with Crippen LogP contribution in [0.3, 0.4) is 0 Å². The smallest absolute Gasteiger partial charge is 0.240 e. The first-order chi connectivity index (χ1) is 12.2. The Hall–Kier alpha value is -2.23. The quantitative estimate of drug-likeness (QED) is 0.572. The van der Waals surface area contributed by atoms with Gasteiger partial charge in [0.2, 0.25) is 15.9 Å². The number of Topliss-reactive ketones (excluding diaryl/α,β-unsaturated/α-hetero) is 1. The van der Waals surface area contributed by atoms with Crippen LogP contribution in [0.1, 0.15) is 23.7 Å². The van der Waals surface area contributed by atoms with E-state index in [0.717, 1.165) is 0 Å². The molecule has 2 rings (SSSR count). The first-order valence-corrected chi connectivity index (χ1v) is 9.86. The van der Waals surface area contributed by atoms with E-state index in [-0.39, 0.29) is 29.4 Å². The maximum absolute atomic E-state index is 12.2. The molecule has 0 heterocycles. The molecule has 0 aliphatic rings. The molecule has 0 aliphatic heterocycles. The van der Waals surface area contributed by atoms with E-state index in [4.69, 9.17) is 0 Å². The number of phenols is 1. The standard InChI is InChI=1S/C17H17BrN2O5S/c1-11(21)12-2-5-14(6-3-12)26(24,25)19-9-8-17(23)20-13-4-7-15(18)16(22)10-13/h2-7,10,19,22H,8-9H2,1H3,(H,20,23). The molecule has 0 aliphatic carbocycles. The number of carbonyl (C=O) groups is 2. The highest BCUT2D eigenvalue weighted by molar-refractivity contribution is 9.10. The number of rotatable bonds is 7. The summed E-state index contributed by atoms with van der Waals surface area (Å²) in [6.07, 6.45) is -0.0818. The number of halogens is 1. The van der Waals surface area contributed by atoms with Crippen LogP contribution in [-0.2, 0) is 14.8 Å². The molecule has 0 unspecified atom stereocenters. The number of hydrogen-bond acceptors (Lipinski definition) is 5. The highest BCUT2D eigenvalue weighted by Gasteiger charge is 2.15. The molecule has 0 spiro atoms. The van der Waals surface area contributed by atoms with Gasteiger partial charge in [0.05, 0.1) is 9.37 Å². The molecule has 0 saturated heterocycles. The fourth-order valence-corrected chi connectivity index (χ4v) is 3.34. The molecule has 0 radical (unpaired) electrons. The van der Waals surface area contributed by atoms with Crippen LogP contribution in [0.4, 0.5) is 5.69 Å². The normalized spacial score (nSPS) is 11.2. The van der Waals surface area contributed by atoms with Crippen LogP contribution in [0.25, 0.3) is 0 Å². The largest absolute Gasteiger partial charge is 0.507 e. The molecule has 0 aromatic heterocycles. The summed E-state index contributed by atoms with van der Waals surface area (Å²) in [4.78, 5) is 23.1. The Kier molecular flexibility index (Phi) is 6.52. The molecule has 2 aromatic rings. The Morgan fingerprint density at radius 1 is 1.12 bits per heavy atom. The Bertz CT molecular complexity index is 927. The van der Waals surface area contributed by atoms with Crippen LogP contribution in [0.2, 0.25) is 0 Å². The Balaban J connectivity index is 1.90. The van der Waals surface area contributed by atoms with Gasteiger partial charge in [-0.15, -0.1) is 0 Å².